The molecule has 0 bridgehead atoms. The fourth-order valence-corrected chi connectivity index (χ4v) is 3.56. The van der Waals surface area contributed by atoms with Gasteiger partial charge in [0.15, 0.2) is 5.96 Å². The summed E-state index contributed by atoms with van der Waals surface area (Å²) in [6.07, 6.45) is 0. The van der Waals surface area contributed by atoms with Gasteiger partial charge < -0.3 is 15.4 Å². The van der Waals surface area contributed by atoms with Crippen LogP contribution in [0.1, 0.15) is 23.6 Å². The summed E-state index contributed by atoms with van der Waals surface area (Å²) in [7, 11) is -1.74. The average molecular weight is 419 g/mol. The van der Waals surface area contributed by atoms with Gasteiger partial charge in [-0.15, -0.1) is 0 Å². The molecular weight excluding hydrogens is 388 g/mol. The van der Waals surface area contributed by atoms with Gasteiger partial charge in [-0.25, -0.2) is 13.1 Å². The van der Waals surface area contributed by atoms with Crippen molar-refractivity contribution in [3.8, 4) is 5.75 Å². The second-order valence-electron chi connectivity index (χ2n) is 6.52. The van der Waals surface area contributed by atoms with Crippen molar-refractivity contribution >= 4 is 16.0 Å². The zero-order valence-electron chi connectivity index (χ0n) is 17.2. The van der Waals surface area contributed by atoms with Gasteiger partial charge in [0.1, 0.15) is 5.75 Å². The standard InChI is InChI=1S/C21H30N4O3S/c1-4-28-20-14-17(2)10-11-19(20)16-24-21(22-3)23-12-13-29(26,27)25-15-18-8-6-5-7-9-18/h5-11,14,25H,4,12-13,15-16H2,1-3H3,(H2,22,23,24). The van der Waals surface area contributed by atoms with Crippen LogP contribution in [-0.4, -0.2) is 40.3 Å². The Kier molecular flexibility index (Phi) is 8.95. The largest absolute Gasteiger partial charge is 0.494 e. The van der Waals surface area contributed by atoms with E-state index in [-0.39, 0.29) is 18.8 Å². The molecule has 0 saturated heterocycles. The number of nitrogens with zero attached hydrogens (tertiary/aromatic N) is 1. The van der Waals surface area contributed by atoms with Gasteiger partial charge in [0.25, 0.3) is 0 Å². The highest BCUT2D eigenvalue weighted by molar-refractivity contribution is 7.89. The number of guanidine groups is 1. The molecule has 0 amide bonds. The highest BCUT2D eigenvalue weighted by Crippen LogP contribution is 2.20. The lowest BCUT2D eigenvalue weighted by Crippen LogP contribution is -2.40. The van der Waals surface area contributed by atoms with Crippen molar-refractivity contribution in [2.75, 3.05) is 26.0 Å². The second-order valence-corrected chi connectivity index (χ2v) is 8.45. The third kappa shape index (κ3) is 8.13. The van der Waals surface area contributed by atoms with Crippen molar-refractivity contribution in [2.24, 2.45) is 4.99 Å². The number of rotatable bonds is 10. The molecular formula is C21H30N4O3S. The number of hydrogen-bond acceptors (Lipinski definition) is 4. The highest BCUT2D eigenvalue weighted by Gasteiger charge is 2.11. The Labute approximate surface area is 173 Å². The molecule has 0 unspecified atom stereocenters. The molecule has 0 fully saturated rings. The minimum Gasteiger partial charge on any atom is -0.494 e. The van der Waals surface area contributed by atoms with E-state index in [0.717, 1.165) is 22.4 Å². The van der Waals surface area contributed by atoms with Crippen LogP contribution < -0.4 is 20.1 Å². The summed E-state index contributed by atoms with van der Waals surface area (Å²) < 4.78 is 32.6. The van der Waals surface area contributed by atoms with Crippen molar-refractivity contribution in [1.29, 1.82) is 0 Å². The first-order chi connectivity index (χ1) is 13.9. The third-order valence-electron chi connectivity index (χ3n) is 4.19. The van der Waals surface area contributed by atoms with Crippen LogP contribution >= 0.6 is 0 Å². The Morgan fingerprint density at radius 2 is 1.83 bits per heavy atom. The van der Waals surface area contributed by atoms with E-state index >= 15 is 0 Å². The molecule has 0 radical (unpaired) electrons. The van der Waals surface area contributed by atoms with Crippen molar-refractivity contribution in [2.45, 2.75) is 26.9 Å². The van der Waals surface area contributed by atoms with Gasteiger partial charge >= 0.3 is 0 Å². The van der Waals surface area contributed by atoms with Crippen LogP contribution in [0.2, 0.25) is 0 Å². The number of nitrogens with one attached hydrogen (secondary N) is 3. The quantitative estimate of drug-likeness (QED) is 0.406. The van der Waals surface area contributed by atoms with Crippen molar-refractivity contribution < 1.29 is 13.2 Å². The normalized spacial score (nSPS) is 11.9. The minimum atomic E-state index is -3.38. The lowest BCUT2D eigenvalue weighted by molar-refractivity contribution is 0.336. The molecule has 0 saturated carbocycles. The first-order valence-electron chi connectivity index (χ1n) is 9.61. The van der Waals surface area contributed by atoms with E-state index in [4.69, 9.17) is 4.74 Å². The molecule has 0 aromatic heterocycles. The van der Waals surface area contributed by atoms with Gasteiger partial charge in [-0.3, -0.25) is 4.99 Å². The molecule has 2 aromatic carbocycles. The Hall–Kier alpha value is -2.58. The molecule has 0 aliphatic rings. The van der Waals surface area contributed by atoms with E-state index in [1.54, 1.807) is 7.05 Å². The minimum absolute atomic E-state index is 0.0464. The molecule has 2 rings (SSSR count). The van der Waals surface area contributed by atoms with E-state index in [9.17, 15) is 8.42 Å². The Balaban J connectivity index is 1.80. The van der Waals surface area contributed by atoms with Crippen molar-refractivity contribution in [3.63, 3.8) is 0 Å². The van der Waals surface area contributed by atoms with E-state index in [1.165, 1.54) is 0 Å². The van der Waals surface area contributed by atoms with Crippen LogP contribution in [0.5, 0.6) is 5.75 Å². The first-order valence-corrected chi connectivity index (χ1v) is 11.3. The lowest BCUT2D eigenvalue weighted by Gasteiger charge is -2.15. The number of hydrogen-bond donors (Lipinski definition) is 3. The van der Waals surface area contributed by atoms with Gasteiger partial charge in [-0.2, -0.15) is 0 Å². The van der Waals surface area contributed by atoms with Gasteiger partial charge in [-0.05, 0) is 31.0 Å². The Bertz CT molecular complexity index is 899. The molecule has 29 heavy (non-hydrogen) atoms. The van der Waals surface area contributed by atoms with Crippen LogP contribution in [0, 0.1) is 6.92 Å². The maximum atomic E-state index is 12.2. The van der Waals surface area contributed by atoms with Crippen LogP contribution in [0.3, 0.4) is 0 Å². The number of aliphatic imine (C=N–C) groups is 1. The molecule has 8 heteroatoms. The maximum absolute atomic E-state index is 12.2. The molecule has 2 aromatic rings. The summed E-state index contributed by atoms with van der Waals surface area (Å²) in [4.78, 5) is 4.15. The fourth-order valence-electron chi connectivity index (χ4n) is 2.66. The molecule has 3 N–H and O–H groups in total. The van der Waals surface area contributed by atoms with Gasteiger partial charge in [0.05, 0.1) is 12.4 Å². The number of ether oxygens (including phenoxy) is 1. The van der Waals surface area contributed by atoms with Crippen molar-refractivity contribution in [3.05, 3.63) is 65.2 Å². The zero-order valence-corrected chi connectivity index (χ0v) is 18.1. The first kappa shape index (κ1) is 22.7. The van der Waals surface area contributed by atoms with Gasteiger partial charge in [0.2, 0.25) is 10.0 Å². The summed E-state index contributed by atoms with van der Waals surface area (Å²) in [5.74, 6) is 1.32. The zero-order chi connectivity index (χ0) is 21.1. The summed E-state index contributed by atoms with van der Waals surface area (Å²) in [6, 6.07) is 15.5. The molecule has 158 valence electrons. The SMILES string of the molecule is CCOc1cc(C)ccc1CNC(=NC)NCCS(=O)(=O)NCc1ccccc1. The second kappa shape index (κ2) is 11.4. The summed E-state index contributed by atoms with van der Waals surface area (Å²) >= 11 is 0. The summed E-state index contributed by atoms with van der Waals surface area (Å²) in [5, 5.41) is 6.23. The third-order valence-corrected chi connectivity index (χ3v) is 5.52. The van der Waals surface area contributed by atoms with Gasteiger partial charge in [-0.1, -0.05) is 42.5 Å². The summed E-state index contributed by atoms with van der Waals surface area (Å²) in [5.41, 5.74) is 3.06. The molecule has 0 atom stereocenters. The topological polar surface area (TPSA) is 91.8 Å². The molecule has 0 aliphatic carbocycles. The van der Waals surface area contributed by atoms with Crippen LogP contribution in [-0.2, 0) is 23.1 Å². The molecule has 0 heterocycles. The Morgan fingerprint density at radius 3 is 2.52 bits per heavy atom. The van der Waals surface area contributed by atoms with Gasteiger partial charge in [0, 0.05) is 32.2 Å². The number of sulfonamides is 1. The fraction of sp³-hybridized carbons (Fsp3) is 0.381. The number of aryl methyl sites for hydroxylation is 1. The molecule has 7 nitrogen and oxygen atoms in total. The monoisotopic (exact) mass is 418 g/mol. The molecule has 0 spiro atoms. The molecule has 0 aliphatic heterocycles. The van der Waals surface area contributed by atoms with E-state index in [2.05, 4.69) is 20.3 Å². The Morgan fingerprint density at radius 1 is 1.07 bits per heavy atom. The van der Waals surface area contributed by atoms with Crippen LogP contribution in [0.15, 0.2) is 53.5 Å². The van der Waals surface area contributed by atoms with E-state index < -0.39 is 10.0 Å². The average Bonchev–Trinajstić information content (AvgIpc) is 2.71. The van der Waals surface area contributed by atoms with Crippen molar-refractivity contribution in [1.82, 2.24) is 15.4 Å². The predicted octanol–water partition coefficient (Wildman–Crippen LogP) is 2.18. The lowest BCUT2D eigenvalue weighted by atomic mass is 10.1. The van der Waals surface area contributed by atoms with E-state index in [1.807, 2.05) is 62.4 Å². The summed E-state index contributed by atoms with van der Waals surface area (Å²) in [6.45, 7) is 5.62. The van der Waals surface area contributed by atoms with Crippen LogP contribution in [0.25, 0.3) is 0 Å². The predicted molar refractivity (Wildman–Crippen MR) is 118 cm³/mol. The van der Waals surface area contributed by atoms with E-state index in [0.29, 0.717) is 19.1 Å². The smallest absolute Gasteiger partial charge is 0.213 e. The van der Waals surface area contributed by atoms with Crippen LogP contribution in [0.4, 0.5) is 0 Å². The maximum Gasteiger partial charge on any atom is 0.213 e. The number of benzene rings is 2. The highest BCUT2D eigenvalue weighted by atomic mass is 32.2.